The molecule has 0 saturated heterocycles. The van der Waals surface area contributed by atoms with E-state index in [-0.39, 0.29) is 5.78 Å². The van der Waals surface area contributed by atoms with Gasteiger partial charge in [-0.25, -0.2) is 4.98 Å². The summed E-state index contributed by atoms with van der Waals surface area (Å²) >= 11 is 0. The number of ketones is 1. The lowest BCUT2D eigenvalue weighted by atomic mass is 10.1. The Balaban J connectivity index is 2.14. The van der Waals surface area contributed by atoms with Crippen molar-refractivity contribution in [2.75, 3.05) is 0 Å². The van der Waals surface area contributed by atoms with Gasteiger partial charge in [0.05, 0.1) is 6.54 Å². The van der Waals surface area contributed by atoms with Crippen LogP contribution in [0.15, 0.2) is 42.7 Å². The molecule has 3 nitrogen and oxygen atoms in total. The molecule has 0 unspecified atom stereocenters. The van der Waals surface area contributed by atoms with Crippen molar-refractivity contribution in [1.82, 2.24) is 9.55 Å². The van der Waals surface area contributed by atoms with Gasteiger partial charge in [0.15, 0.2) is 5.78 Å². The molecule has 0 amide bonds. The topological polar surface area (TPSA) is 34.9 Å². The summed E-state index contributed by atoms with van der Waals surface area (Å²) in [6, 6.07) is 9.34. The van der Waals surface area contributed by atoms with E-state index < -0.39 is 0 Å². The molecule has 0 radical (unpaired) electrons. The number of hydrogen-bond donors (Lipinski definition) is 0. The van der Waals surface area contributed by atoms with Crippen LogP contribution in [0.1, 0.15) is 23.1 Å². The molecule has 1 aromatic carbocycles. The molecule has 82 valence electrons. The van der Waals surface area contributed by atoms with Crippen LogP contribution in [0, 0.1) is 0 Å². The maximum Gasteiger partial charge on any atom is 0.182 e. The number of aryl methyl sites for hydroxylation is 1. The predicted molar refractivity (Wildman–Crippen MR) is 62.4 cm³/mol. The number of hydrogen-bond acceptors (Lipinski definition) is 2. The van der Waals surface area contributed by atoms with Crippen molar-refractivity contribution in [3.05, 3.63) is 54.1 Å². The minimum atomic E-state index is 0.119. The SMILES string of the molecule is CCc1nccn1CC(=O)c1ccccc1. The molecule has 2 aromatic rings. The van der Waals surface area contributed by atoms with E-state index in [1.807, 2.05) is 48.0 Å². The number of aromatic nitrogens is 2. The third-order valence-electron chi connectivity index (χ3n) is 2.53. The molecule has 0 spiro atoms. The first-order chi connectivity index (χ1) is 7.81. The zero-order valence-corrected chi connectivity index (χ0v) is 9.26. The monoisotopic (exact) mass is 214 g/mol. The zero-order chi connectivity index (χ0) is 11.4. The highest BCUT2D eigenvalue weighted by Gasteiger charge is 2.08. The minimum Gasteiger partial charge on any atom is -0.327 e. The van der Waals surface area contributed by atoms with Crippen LogP contribution in [0.25, 0.3) is 0 Å². The highest BCUT2D eigenvalue weighted by atomic mass is 16.1. The molecule has 0 atom stereocenters. The fraction of sp³-hybridized carbons (Fsp3) is 0.231. The van der Waals surface area contributed by atoms with Gasteiger partial charge in [-0.2, -0.15) is 0 Å². The average molecular weight is 214 g/mol. The van der Waals surface area contributed by atoms with E-state index in [1.54, 1.807) is 6.20 Å². The Hall–Kier alpha value is -1.90. The predicted octanol–water partition coefficient (Wildman–Crippen LogP) is 2.33. The van der Waals surface area contributed by atoms with Crippen LogP contribution in [-0.2, 0) is 13.0 Å². The molecule has 0 fully saturated rings. The van der Waals surface area contributed by atoms with E-state index in [9.17, 15) is 4.79 Å². The van der Waals surface area contributed by atoms with Gasteiger partial charge in [-0.15, -0.1) is 0 Å². The van der Waals surface area contributed by atoms with Crippen molar-refractivity contribution in [1.29, 1.82) is 0 Å². The summed E-state index contributed by atoms with van der Waals surface area (Å²) in [7, 11) is 0. The molecule has 3 heteroatoms. The van der Waals surface area contributed by atoms with Crippen molar-refractivity contribution in [2.45, 2.75) is 19.9 Å². The molecule has 1 heterocycles. The van der Waals surface area contributed by atoms with Crippen LogP contribution in [0.4, 0.5) is 0 Å². The second-order valence-corrected chi connectivity index (χ2v) is 3.61. The van der Waals surface area contributed by atoms with Crippen molar-refractivity contribution >= 4 is 5.78 Å². The number of nitrogens with zero attached hydrogens (tertiary/aromatic N) is 2. The maximum absolute atomic E-state index is 11.9. The Bertz CT molecular complexity index is 474. The van der Waals surface area contributed by atoms with E-state index in [2.05, 4.69) is 4.98 Å². The van der Waals surface area contributed by atoms with Gasteiger partial charge in [0, 0.05) is 24.4 Å². The van der Waals surface area contributed by atoms with Crippen molar-refractivity contribution < 1.29 is 4.79 Å². The summed E-state index contributed by atoms with van der Waals surface area (Å²) in [5, 5.41) is 0. The summed E-state index contributed by atoms with van der Waals surface area (Å²) in [6.45, 7) is 2.40. The summed E-state index contributed by atoms with van der Waals surface area (Å²) in [5.74, 6) is 1.07. The van der Waals surface area contributed by atoms with Crippen LogP contribution >= 0.6 is 0 Å². The molecular formula is C13H14N2O. The minimum absolute atomic E-state index is 0.119. The number of rotatable bonds is 4. The number of carbonyl (C=O) groups excluding carboxylic acids is 1. The lowest BCUT2D eigenvalue weighted by molar-refractivity contribution is 0.0971. The summed E-state index contributed by atoms with van der Waals surface area (Å²) in [4.78, 5) is 16.1. The van der Waals surface area contributed by atoms with Gasteiger partial charge in [-0.3, -0.25) is 4.79 Å². The maximum atomic E-state index is 11.9. The fourth-order valence-corrected chi connectivity index (χ4v) is 1.67. The molecule has 0 saturated carbocycles. The lowest BCUT2D eigenvalue weighted by Gasteiger charge is -2.05. The molecule has 0 aliphatic carbocycles. The van der Waals surface area contributed by atoms with Gasteiger partial charge in [-0.05, 0) is 0 Å². The van der Waals surface area contributed by atoms with Crippen LogP contribution in [0.5, 0.6) is 0 Å². The molecular weight excluding hydrogens is 200 g/mol. The van der Waals surface area contributed by atoms with E-state index in [0.717, 1.165) is 17.8 Å². The third kappa shape index (κ3) is 2.19. The van der Waals surface area contributed by atoms with Crippen LogP contribution < -0.4 is 0 Å². The Morgan fingerprint density at radius 3 is 2.75 bits per heavy atom. The van der Waals surface area contributed by atoms with Crippen LogP contribution in [0.3, 0.4) is 0 Å². The third-order valence-corrected chi connectivity index (χ3v) is 2.53. The van der Waals surface area contributed by atoms with Gasteiger partial charge in [0.2, 0.25) is 0 Å². The first kappa shape index (κ1) is 10.6. The quantitative estimate of drug-likeness (QED) is 0.732. The first-order valence-corrected chi connectivity index (χ1v) is 5.39. The Kier molecular flexibility index (Phi) is 3.15. The summed E-state index contributed by atoms with van der Waals surface area (Å²) < 4.78 is 1.90. The standard InChI is InChI=1S/C13H14N2O/c1-2-13-14-8-9-15(13)10-12(16)11-6-4-3-5-7-11/h3-9H,2,10H2,1H3. The average Bonchev–Trinajstić information content (AvgIpc) is 2.77. The van der Waals surface area contributed by atoms with Gasteiger partial charge < -0.3 is 4.57 Å². The fourth-order valence-electron chi connectivity index (χ4n) is 1.67. The van der Waals surface area contributed by atoms with Crippen molar-refractivity contribution in [3.63, 3.8) is 0 Å². The normalized spacial score (nSPS) is 10.3. The molecule has 0 bridgehead atoms. The van der Waals surface area contributed by atoms with E-state index in [4.69, 9.17) is 0 Å². The van der Waals surface area contributed by atoms with E-state index in [0.29, 0.717) is 6.54 Å². The Morgan fingerprint density at radius 2 is 2.06 bits per heavy atom. The highest BCUT2D eigenvalue weighted by Crippen LogP contribution is 2.04. The number of benzene rings is 1. The van der Waals surface area contributed by atoms with Crippen molar-refractivity contribution in [3.8, 4) is 0 Å². The van der Waals surface area contributed by atoms with Crippen molar-refractivity contribution in [2.24, 2.45) is 0 Å². The summed E-state index contributed by atoms with van der Waals surface area (Å²) in [6.07, 6.45) is 4.42. The van der Waals surface area contributed by atoms with E-state index in [1.165, 1.54) is 0 Å². The molecule has 0 N–H and O–H groups in total. The first-order valence-electron chi connectivity index (χ1n) is 5.39. The van der Waals surface area contributed by atoms with Gasteiger partial charge >= 0.3 is 0 Å². The number of carbonyl (C=O) groups is 1. The molecule has 1 aromatic heterocycles. The number of imidazole rings is 1. The molecule has 0 aliphatic heterocycles. The van der Waals surface area contributed by atoms with Crippen LogP contribution in [0.2, 0.25) is 0 Å². The smallest absolute Gasteiger partial charge is 0.182 e. The molecule has 0 aliphatic rings. The second-order valence-electron chi connectivity index (χ2n) is 3.61. The largest absolute Gasteiger partial charge is 0.327 e. The Labute approximate surface area is 94.7 Å². The van der Waals surface area contributed by atoms with E-state index >= 15 is 0 Å². The Morgan fingerprint density at radius 1 is 1.31 bits per heavy atom. The van der Waals surface area contributed by atoms with Gasteiger partial charge in [-0.1, -0.05) is 37.3 Å². The second kappa shape index (κ2) is 4.75. The lowest BCUT2D eigenvalue weighted by Crippen LogP contribution is -2.12. The zero-order valence-electron chi connectivity index (χ0n) is 9.26. The molecule has 16 heavy (non-hydrogen) atoms. The molecule has 2 rings (SSSR count). The highest BCUT2D eigenvalue weighted by molar-refractivity contribution is 5.95. The number of Topliss-reactive ketones (excluding diaryl/α,β-unsaturated/α-hetero) is 1. The van der Waals surface area contributed by atoms with Gasteiger partial charge in [0.25, 0.3) is 0 Å². The summed E-state index contributed by atoms with van der Waals surface area (Å²) in [5.41, 5.74) is 0.748. The van der Waals surface area contributed by atoms with Crippen LogP contribution in [-0.4, -0.2) is 15.3 Å². The van der Waals surface area contributed by atoms with Gasteiger partial charge in [0.1, 0.15) is 5.82 Å².